The smallest absolute Gasteiger partial charge is 0.428 e. The summed E-state index contributed by atoms with van der Waals surface area (Å²) in [6.07, 6.45) is 2.67. The molecule has 3 heterocycles. The third-order valence-corrected chi connectivity index (χ3v) is 2.71. The first-order chi connectivity index (χ1) is 7.59. The predicted octanol–water partition coefficient (Wildman–Crippen LogP) is 1.37. The van der Waals surface area contributed by atoms with Gasteiger partial charge in [-0.3, -0.25) is 0 Å². The van der Waals surface area contributed by atoms with Crippen molar-refractivity contribution in [3.8, 4) is 11.8 Å². The lowest BCUT2D eigenvalue weighted by Gasteiger charge is -2.07. The quantitative estimate of drug-likeness (QED) is 0.575. The molecule has 0 saturated carbocycles. The molecular formula is C9H6ClNO5. The highest BCUT2D eigenvalue weighted by molar-refractivity contribution is 6.61. The van der Waals surface area contributed by atoms with Gasteiger partial charge in [0, 0.05) is 11.6 Å². The van der Waals surface area contributed by atoms with Crippen molar-refractivity contribution in [1.29, 1.82) is 0 Å². The fraction of sp³-hybridized carbons (Fsp3) is 0.222. The first-order valence-corrected chi connectivity index (χ1v) is 4.85. The number of hydrogen-bond donors (Lipinski definition) is 2. The average molecular weight is 244 g/mol. The van der Waals surface area contributed by atoms with Gasteiger partial charge in [-0.1, -0.05) is 12.2 Å². The van der Waals surface area contributed by atoms with E-state index in [0.29, 0.717) is 15.9 Å². The van der Waals surface area contributed by atoms with Gasteiger partial charge in [-0.15, -0.1) is 4.73 Å². The maximum atomic E-state index is 10.6. The summed E-state index contributed by atoms with van der Waals surface area (Å²) in [7, 11) is 0. The van der Waals surface area contributed by atoms with Crippen LogP contribution in [0.25, 0.3) is 0 Å². The van der Waals surface area contributed by atoms with Crippen LogP contribution in [0.1, 0.15) is 23.3 Å². The van der Waals surface area contributed by atoms with E-state index in [4.69, 9.17) is 16.3 Å². The van der Waals surface area contributed by atoms with Crippen LogP contribution in [-0.4, -0.2) is 20.4 Å². The molecule has 2 aliphatic heterocycles. The summed E-state index contributed by atoms with van der Waals surface area (Å²) in [5, 5.41) is 19.5. The maximum absolute atomic E-state index is 10.6. The van der Waals surface area contributed by atoms with Crippen LogP contribution in [-0.2, 0) is 4.74 Å². The molecule has 0 aliphatic carbocycles. The van der Waals surface area contributed by atoms with Crippen molar-refractivity contribution in [1.82, 2.24) is 4.73 Å². The molecular weight excluding hydrogens is 238 g/mol. The van der Waals surface area contributed by atoms with E-state index >= 15 is 0 Å². The monoisotopic (exact) mass is 243 g/mol. The Labute approximate surface area is 94.2 Å². The summed E-state index contributed by atoms with van der Waals surface area (Å²) < 4.78 is 5.98. The molecule has 0 saturated heterocycles. The van der Waals surface area contributed by atoms with Crippen molar-refractivity contribution in [2.45, 2.75) is 12.2 Å². The molecule has 0 aromatic carbocycles. The van der Waals surface area contributed by atoms with E-state index < -0.39 is 17.6 Å². The molecule has 7 heteroatoms. The van der Waals surface area contributed by atoms with Crippen molar-refractivity contribution in [3.63, 3.8) is 0 Å². The van der Waals surface area contributed by atoms with Crippen molar-refractivity contribution in [2.75, 3.05) is 0 Å². The van der Waals surface area contributed by atoms with Crippen molar-refractivity contribution in [3.05, 3.63) is 23.3 Å². The van der Waals surface area contributed by atoms with Crippen LogP contribution in [0, 0.1) is 0 Å². The fourth-order valence-electron chi connectivity index (χ4n) is 2.06. The number of halogens is 1. The summed E-state index contributed by atoms with van der Waals surface area (Å²) in [4.78, 5) is 15.0. The predicted molar refractivity (Wildman–Crippen MR) is 51.3 cm³/mol. The SMILES string of the molecule is O=C(Cl)On1c(O)c2c(c1O)C1C=CC2O1. The van der Waals surface area contributed by atoms with Gasteiger partial charge < -0.3 is 19.8 Å². The van der Waals surface area contributed by atoms with Crippen molar-refractivity contribution < 1.29 is 24.6 Å². The molecule has 84 valence electrons. The van der Waals surface area contributed by atoms with Gasteiger partial charge in [0.05, 0.1) is 11.1 Å². The number of aromatic hydroxyl groups is 2. The lowest BCUT2D eigenvalue weighted by Crippen LogP contribution is -2.13. The highest BCUT2D eigenvalue weighted by Crippen LogP contribution is 2.54. The van der Waals surface area contributed by atoms with Gasteiger partial charge in [-0.05, 0) is 0 Å². The number of ether oxygens (including phenoxy) is 1. The van der Waals surface area contributed by atoms with Crippen LogP contribution in [0.15, 0.2) is 12.2 Å². The summed E-state index contributed by atoms with van der Waals surface area (Å²) in [5.74, 6) is -0.753. The molecule has 2 atom stereocenters. The molecule has 2 bridgehead atoms. The summed E-state index contributed by atoms with van der Waals surface area (Å²) in [6.45, 7) is 0. The van der Waals surface area contributed by atoms with Gasteiger partial charge in [-0.2, -0.15) is 0 Å². The van der Waals surface area contributed by atoms with Crippen LogP contribution >= 0.6 is 11.6 Å². The molecule has 0 fully saturated rings. The fourth-order valence-corrected chi connectivity index (χ4v) is 2.13. The van der Waals surface area contributed by atoms with Crippen LogP contribution in [0.5, 0.6) is 11.8 Å². The van der Waals surface area contributed by atoms with E-state index in [9.17, 15) is 15.0 Å². The van der Waals surface area contributed by atoms with Crippen LogP contribution in [0.4, 0.5) is 4.79 Å². The highest BCUT2D eigenvalue weighted by Gasteiger charge is 2.43. The lowest BCUT2D eigenvalue weighted by molar-refractivity contribution is 0.0758. The van der Waals surface area contributed by atoms with Gasteiger partial charge in [-0.25, -0.2) is 4.79 Å². The number of aromatic nitrogens is 1. The van der Waals surface area contributed by atoms with Crippen molar-refractivity contribution >= 4 is 17.0 Å². The Morgan fingerprint density at radius 2 is 1.81 bits per heavy atom. The van der Waals surface area contributed by atoms with Crippen LogP contribution < -0.4 is 4.84 Å². The Morgan fingerprint density at radius 1 is 1.31 bits per heavy atom. The number of fused-ring (bicyclic) bond motifs is 5. The summed E-state index contributed by atoms with van der Waals surface area (Å²) in [6, 6.07) is 0. The third-order valence-electron chi connectivity index (χ3n) is 2.64. The number of rotatable bonds is 1. The Morgan fingerprint density at radius 3 is 2.25 bits per heavy atom. The molecule has 2 N–H and O–H groups in total. The summed E-state index contributed by atoms with van der Waals surface area (Å²) in [5.41, 5.74) is -0.341. The topological polar surface area (TPSA) is 80.9 Å². The molecule has 3 rings (SSSR count). The Hall–Kier alpha value is -1.66. The van der Waals surface area contributed by atoms with Gasteiger partial charge >= 0.3 is 5.43 Å². The van der Waals surface area contributed by atoms with Gasteiger partial charge in [0.2, 0.25) is 11.8 Å². The van der Waals surface area contributed by atoms with E-state index in [-0.39, 0.29) is 11.8 Å². The molecule has 2 unspecified atom stereocenters. The summed E-state index contributed by atoms with van der Waals surface area (Å²) >= 11 is 5.02. The second kappa shape index (κ2) is 2.93. The molecule has 1 aromatic heterocycles. The highest BCUT2D eigenvalue weighted by atomic mass is 35.5. The van der Waals surface area contributed by atoms with E-state index in [0.717, 1.165) is 0 Å². The normalized spacial score (nSPS) is 24.8. The molecule has 0 spiro atoms. The average Bonchev–Trinajstić information content (AvgIpc) is 2.87. The standard InChI is InChI=1S/C9H6ClNO5/c10-9(14)16-11-7(12)5-3-1-2-4(15-3)6(5)8(11)13/h1-4,12-13H. The van der Waals surface area contributed by atoms with Crippen LogP contribution in [0.3, 0.4) is 0 Å². The van der Waals surface area contributed by atoms with E-state index in [1.165, 1.54) is 0 Å². The van der Waals surface area contributed by atoms with Gasteiger partial charge in [0.25, 0.3) is 0 Å². The third kappa shape index (κ3) is 1.03. The number of carbonyl (C=O) groups is 1. The second-order valence-electron chi connectivity index (χ2n) is 3.46. The largest absolute Gasteiger partial charge is 0.492 e. The zero-order chi connectivity index (χ0) is 11.4. The minimum Gasteiger partial charge on any atom is -0.492 e. The first-order valence-electron chi connectivity index (χ1n) is 4.47. The Bertz CT molecular complexity index is 485. The number of hydrogen-bond acceptors (Lipinski definition) is 5. The minimum absolute atomic E-state index is 0.377. The molecule has 6 nitrogen and oxygen atoms in total. The van der Waals surface area contributed by atoms with Crippen molar-refractivity contribution in [2.24, 2.45) is 0 Å². The van der Waals surface area contributed by atoms with E-state index in [1.54, 1.807) is 12.2 Å². The molecule has 0 radical (unpaired) electrons. The molecule has 16 heavy (non-hydrogen) atoms. The molecule has 0 amide bonds. The van der Waals surface area contributed by atoms with Crippen LogP contribution in [0.2, 0.25) is 0 Å². The zero-order valence-electron chi connectivity index (χ0n) is 7.75. The van der Waals surface area contributed by atoms with Gasteiger partial charge in [0.1, 0.15) is 12.2 Å². The Kier molecular flexibility index (Phi) is 1.75. The number of nitrogens with zero attached hydrogens (tertiary/aromatic N) is 1. The Balaban J connectivity index is 2.15. The second-order valence-corrected chi connectivity index (χ2v) is 3.77. The first kappa shape index (κ1) is 9.56. The zero-order valence-corrected chi connectivity index (χ0v) is 8.51. The lowest BCUT2D eigenvalue weighted by atomic mass is 10.0. The van der Waals surface area contributed by atoms with E-state index in [2.05, 4.69) is 4.84 Å². The minimum atomic E-state index is -1.15. The number of carbonyl (C=O) groups excluding carboxylic acids is 1. The molecule has 2 aliphatic rings. The molecule has 1 aromatic rings. The maximum Gasteiger partial charge on any atom is 0.428 e. The van der Waals surface area contributed by atoms with Gasteiger partial charge in [0.15, 0.2) is 0 Å². The van der Waals surface area contributed by atoms with E-state index in [1.807, 2.05) is 0 Å².